The lowest BCUT2D eigenvalue weighted by atomic mass is 10.0. The van der Waals surface area contributed by atoms with Crippen molar-refractivity contribution in [3.8, 4) is 11.4 Å². The number of carbonyl (C=O) groups excluding carboxylic acids is 1. The molecule has 0 aliphatic carbocycles. The van der Waals surface area contributed by atoms with Gasteiger partial charge >= 0.3 is 12.3 Å². The number of carboxylic acid groups (broad SMARTS) is 1. The number of nitrogens with zero attached hydrogens (tertiary/aromatic N) is 1. The molecule has 6 nitrogen and oxygen atoms in total. The number of pyridine rings is 1. The van der Waals surface area contributed by atoms with Crippen LogP contribution in [-0.2, 0) is 0 Å². The van der Waals surface area contributed by atoms with Crippen molar-refractivity contribution in [2.75, 3.05) is 0 Å². The van der Waals surface area contributed by atoms with Crippen LogP contribution < -0.4 is 10.2 Å². The number of hydrogen-bond acceptors (Lipinski definition) is 4. The second kappa shape index (κ2) is 6.84. The minimum absolute atomic E-state index is 0.0522. The summed E-state index contributed by atoms with van der Waals surface area (Å²) >= 11 is 0. The number of carbonyl (C=O) groups is 2. The van der Waals surface area contributed by atoms with E-state index in [1.54, 1.807) is 0 Å². The maximum atomic E-state index is 12.6. The molecule has 0 bridgehead atoms. The van der Waals surface area contributed by atoms with Gasteiger partial charge in [-0.15, -0.1) is 13.2 Å². The molecule has 0 amide bonds. The Hall–Kier alpha value is -3.62. The van der Waals surface area contributed by atoms with Crippen LogP contribution in [0.1, 0.15) is 27.6 Å². The number of alkyl halides is 3. The van der Waals surface area contributed by atoms with Crippen LogP contribution in [0, 0.1) is 0 Å². The number of Topliss-reactive ketones (excluding diaryl/α,β-unsaturated/α-hetero) is 1. The molecule has 2 aromatic carbocycles. The van der Waals surface area contributed by atoms with Gasteiger partial charge in [-0.2, -0.15) is 0 Å². The van der Waals surface area contributed by atoms with Gasteiger partial charge in [0, 0.05) is 17.4 Å². The van der Waals surface area contributed by atoms with Gasteiger partial charge in [-0.3, -0.25) is 9.59 Å². The van der Waals surface area contributed by atoms with Crippen molar-refractivity contribution < 1.29 is 32.6 Å². The lowest BCUT2D eigenvalue weighted by Crippen LogP contribution is -2.20. The summed E-state index contributed by atoms with van der Waals surface area (Å²) in [6.45, 7) is 1.25. The van der Waals surface area contributed by atoms with Gasteiger partial charge in [0.2, 0.25) is 5.43 Å². The molecule has 1 aromatic heterocycles. The van der Waals surface area contributed by atoms with Crippen LogP contribution in [0.15, 0.2) is 53.5 Å². The lowest BCUT2D eigenvalue weighted by Gasteiger charge is -2.15. The zero-order valence-corrected chi connectivity index (χ0v) is 14.3. The van der Waals surface area contributed by atoms with E-state index in [9.17, 15) is 32.7 Å². The van der Waals surface area contributed by atoms with Gasteiger partial charge in [0.15, 0.2) is 5.78 Å². The number of carboxylic acids is 1. The van der Waals surface area contributed by atoms with E-state index in [0.717, 1.165) is 18.3 Å². The van der Waals surface area contributed by atoms with Gasteiger partial charge in [0.05, 0.1) is 10.9 Å². The molecule has 9 heteroatoms. The summed E-state index contributed by atoms with van der Waals surface area (Å²) in [5.41, 5.74) is -0.815. The number of rotatable bonds is 4. The predicted octanol–water partition coefficient (Wildman–Crippen LogP) is 3.79. The predicted molar refractivity (Wildman–Crippen MR) is 93.2 cm³/mol. The zero-order valence-electron chi connectivity index (χ0n) is 14.3. The Bertz CT molecular complexity index is 1150. The van der Waals surface area contributed by atoms with E-state index in [2.05, 4.69) is 4.74 Å². The SMILES string of the molecule is CC(=O)c1cccc2c1c(=O)c(C(=O)O)cn2-c1ccc(OC(F)(F)F)cc1. The number of ether oxygens (including phenoxy) is 1. The second-order valence-electron chi connectivity index (χ2n) is 5.84. The normalized spacial score (nSPS) is 11.4. The Balaban J connectivity index is 2.28. The van der Waals surface area contributed by atoms with E-state index < -0.39 is 34.9 Å². The summed E-state index contributed by atoms with van der Waals surface area (Å²) in [4.78, 5) is 36.0. The molecule has 3 aromatic rings. The number of fused-ring (bicyclic) bond motifs is 1. The highest BCUT2D eigenvalue weighted by molar-refractivity contribution is 6.07. The van der Waals surface area contributed by atoms with Gasteiger partial charge < -0.3 is 14.4 Å². The summed E-state index contributed by atoms with van der Waals surface area (Å²) in [7, 11) is 0. The van der Waals surface area contributed by atoms with Crippen LogP contribution in [0.2, 0.25) is 0 Å². The fourth-order valence-electron chi connectivity index (χ4n) is 2.84. The molecule has 0 fully saturated rings. The van der Waals surface area contributed by atoms with E-state index in [0.29, 0.717) is 0 Å². The molecule has 0 saturated heterocycles. The minimum Gasteiger partial charge on any atom is -0.477 e. The van der Waals surface area contributed by atoms with Crippen LogP contribution >= 0.6 is 0 Å². The van der Waals surface area contributed by atoms with Crippen LogP contribution in [0.5, 0.6) is 5.75 Å². The molecule has 1 heterocycles. The van der Waals surface area contributed by atoms with Crippen molar-refractivity contribution in [3.63, 3.8) is 0 Å². The molecule has 0 atom stereocenters. The van der Waals surface area contributed by atoms with E-state index in [1.165, 1.54) is 41.8 Å². The first-order chi connectivity index (χ1) is 13.1. The fourth-order valence-corrected chi connectivity index (χ4v) is 2.84. The smallest absolute Gasteiger partial charge is 0.477 e. The average Bonchev–Trinajstić information content (AvgIpc) is 2.61. The zero-order chi connectivity index (χ0) is 20.6. The Labute approximate surface area is 155 Å². The number of benzene rings is 2. The highest BCUT2D eigenvalue weighted by Gasteiger charge is 2.31. The fraction of sp³-hybridized carbons (Fsp3) is 0.105. The third-order valence-electron chi connectivity index (χ3n) is 3.99. The van der Waals surface area contributed by atoms with E-state index in [4.69, 9.17) is 0 Å². The van der Waals surface area contributed by atoms with E-state index >= 15 is 0 Å². The van der Waals surface area contributed by atoms with Crippen LogP contribution in [0.25, 0.3) is 16.6 Å². The molecule has 144 valence electrons. The Kier molecular flexibility index (Phi) is 4.68. The number of aromatic nitrogens is 1. The van der Waals surface area contributed by atoms with Crippen LogP contribution in [0.4, 0.5) is 13.2 Å². The summed E-state index contributed by atoms with van der Waals surface area (Å²) < 4.78 is 42.1. The highest BCUT2D eigenvalue weighted by Crippen LogP contribution is 2.26. The average molecular weight is 391 g/mol. The number of halogens is 3. The quantitative estimate of drug-likeness (QED) is 0.684. The van der Waals surface area contributed by atoms with Gasteiger partial charge in [0.1, 0.15) is 11.3 Å². The number of ketones is 1. The van der Waals surface area contributed by atoms with Gasteiger partial charge in [0.25, 0.3) is 0 Å². The largest absolute Gasteiger partial charge is 0.573 e. The number of aromatic carboxylic acids is 1. The second-order valence-corrected chi connectivity index (χ2v) is 5.84. The van der Waals surface area contributed by atoms with Crippen LogP contribution in [-0.4, -0.2) is 27.8 Å². The molecule has 0 aliphatic heterocycles. The summed E-state index contributed by atoms with van der Waals surface area (Å²) in [6.07, 6.45) is -3.78. The molecule has 3 rings (SSSR count). The van der Waals surface area contributed by atoms with Crippen molar-refractivity contribution in [2.24, 2.45) is 0 Å². The molecule has 0 spiro atoms. The highest BCUT2D eigenvalue weighted by atomic mass is 19.4. The Morgan fingerprint density at radius 2 is 1.68 bits per heavy atom. The minimum atomic E-state index is -4.85. The van der Waals surface area contributed by atoms with Gasteiger partial charge in [-0.1, -0.05) is 12.1 Å². The Morgan fingerprint density at radius 3 is 2.21 bits per heavy atom. The standard InChI is InChI=1S/C19H12F3NO5/c1-10(24)13-3-2-4-15-16(13)17(25)14(18(26)27)9-23(15)11-5-7-12(8-6-11)28-19(20,21)22/h2-9H,1H3,(H,26,27). The Morgan fingerprint density at radius 1 is 1.04 bits per heavy atom. The lowest BCUT2D eigenvalue weighted by molar-refractivity contribution is -0.274. The maximum absolute atomic E-state index is 12.6. The third kappa shape index (κ3) is 3.59. The van der Waals surface area contributed by atoms with Crippen LogP contribution in [0.3, 0.4) is 0 Å². The van der Waals surface area contributed by atoms with E-state index in [1.807, 2.05) is 0 Å². The summed E-state index contributed by atoms with van der Waals surface area (Å²) in [6, 6.07) is 9.10. The molecule has 28 heavy (non-hydrogen) atoms. The summed E-state index contributed by atoms with van der Waals surface area (Å²) in [5, 5.41) is 9.28. The van der Waals surface area contributed by atoms with Gasteiger partial charge in [-0.25, -0.2) is 4.79 Å². The molecular formula is C19H12F3NO5. The summed E-state index contributed by atoms with van der Waals surface area (Å²) in [5.74, 6) is -2.37. The maximum Gasteiger partial charge on any atom is 0.573 e. The molecule has 0 unspecified atom stereocenters. The van der Waals surface area contributed by atoms with Crippen molar-refractivity contribution in [3.05, 3.63) is 70.0 Å². The molecule has 0 saturated carbocycles. The first-order valence-corrected chi connectivity index (χ1v) is 7.87. The topological polar surface area (TPSA) is 85.6 Å². The molecule has 1 N–H and O–H groups in total. The molecule has 0 aliphatic rings. The van der Waals surface area contributed by atoms with Crippen molar-refractivity contribution >= 4 is 22.7 Å². The molecular weight excluding hydrogens is 379 g/mol. The molecule has 0 radical (unpaired) electrons. The van der Waals surface area contributed by atoms with E-state index in [-0.39, 0.29) is 22.2 Å². The van der Waals surface area contributed by atoms with Crippen molar-refractivity contribution in [2.45, 2.75) is 13.3 Å². The first-order valence-electron chi connectivity index (χ1n) is 7.87. The third-order valence-corrected chi connectivity index (χ3v) is 3.99. The first kappa shape index (κ1) is 19.2. The number of hydrogen-bond donors (Lipinski definition) is 1. The van der Waals surface area contributed by atoms with Crippen molar-refractivity contribution in [1.29, 1.82) is 0 Å². The van der Waals surface area contributed by atoms with Crippen molar-refractivity contribution in [1.82, 2.24) is 4.57 Å². The monoisotopic (exact) mass is 391 g/mol. The van der Waals surface area contributed by atoms with Gasteiger partial charge in [-0.05, 0) is 37.3 Å².